The van der Waals surface area contributed by atoms with Gasteiger partial charge in [-0.2, -0.15) is 0 Å². The van der Waals surface area contributed by atoms with E-state index in [1.165, 1.54) is 6.07 Å². The highest BCUT2D eigenvalue weighted by molar-refractivity contribution is 6.31. The van der Waals surface area contributed by atoms with E-state index in [0.29, 0.717) is 21.6 Å². The van der Waals surface area contributed by atoms with Crippen molar-refractivity contribution in [2.75, 3.05) is 0 Å². The minimum absolute atomic E-state index is 0.0319. The smallest absolute Gasteiger partial charge is 0.330 e. The van der Waals surface area contributed by atoms with Crippen LogP contribution in [0.25, 0.3) is 11.0 Å². The Labute approximate surface area is 136 Å². The molecule has 1 aromatic heterocycles. The summed E-state index contributed by atoms with van der Waals surface area (Å²) < 4.78 is 5.44. The molecule has 1 atom stereocenters. The highest BCUT2D eigenvalue weighted by Crippen LogP contribution is 2.23. The predicted molar refractivity (Wildman–Crippen MR) is 85.5 cm³/mol. The zero-order chi connectivity index (χ0) is 16.4. The fourth-order valence-corrected chi connectivity index (χ4v) is 2.44. The van der Waals surface area contributed by atoms with E-state index in [2.05, 4.69) is 5.32 Å². The van der Waals surface area contributed by atoms with Crippen molar-refractivity contribution in [2.45, 2.75) is 6.04 Å². The van der Waals surface area contributed by atoms with E-state index in [-0.39, 0.29) is 5.76 Å². The number of carboxylic acids is 1. The van der Waals surface area contributed by atoms with Crippen molar-refractivity contribution >= 4 is 34.4 Å². The van der Waals surface area contributed by atoms with Crippen LogP contribution in [0.2, 0.25) is 5.02 Å². The maximum Gasteiger partial charge on any atom is 0.330 e. The van der Waals surface area contributed by atoms with Gasteiger partial charge in [0.1, 0.15) is 5.58 Å². The number of rotatable bonds is 4. The first-order valence-corrected chi connectivity index (χ1v) is 7.20. The second-order valence-corrected chi connectivity index (χ2v) is 5.38. The van der Waals surface area contributed by atoms with Crippen LogP contribution in [0.1, 0.15) is 22.2 Å². The fraction of sp³-hybridized carbons (Fsp3) is 0.0588. The molecule has 0 aliphatic heterocycles. The summed E-state index contributed by atoms with van der Waals surface area (Å²) in [6.07, 6.45) is 0. The lowest BCUT2D eigenvalue weighted by Gasteiger charge is -2.13. The number of fused-ring (bicyclic) bond motifs is 1. The molecule has 116 valence electrons. The number of aliphatic carboxylic acids is 1. The maximum absolute atomic E-state index is 12.3. The van der Waals surface area contributed by atoms with Gasteiger partial charge < -0.3 is 14.8 Å². The molecule has 0 spiro atoms. The molecule has 2 aromatic carbocycles. The van der Waals surface area contributed by atoms with E-state index in [9.17, 15) is 14.7 Å². The van der Waals surface area contributed by atoms with Crippen LogP contribution in [0.4, 0.5) is 0 Å². The number of benzene rings is 2. The summed E-state index contributed by atoms with van der Waals surface area (Å²) in [4.78, 5) is 23.7. The van der Waals surface area contributed by atoms with Gasteiger partial charge in [0.25, 0.3) is 5.91 Å². The number of hydrogen-bond donors (Lipinski definition) is 2. The zero-order valence-corrected chi connectivity index (χ0v) is 12.6. The van der Waals surface area contributed by atoms with Crippen LogP contribution >= 0.6 is 11.6 Å². The molecule has 0 aliphatic carbocycles. The van der Waals surface area contributed by atoms with E-state index in [0.717, 1.165) is 0 Å². The van der Waals surface area contributed by atoms with Crippen molar-refractivity contribution in [3.63, 3.8) is 0 Å². The van der Waals surface area contributed by atoms with Crippen LogP contribution in [-0.2, 0) is 4.79 Å². The summed E-state index contributed by atoms with van der Waals surface area (Å²) in [6.45, 7) is 0. The van der Waals surface area contributed by atoms with Crippen molar-refractivity contribution in [2.24, 2.45) is 0 Å². The van der Waals surface area contributed by atoms with Gasteiger partial charge in [-0.3, -0.25) is 4.79 Å². The van der Waals surface area contributed by atoms with Gasteiger partial charge in [0.15, 0.2) is 11.8 Å². The van der Waals surface area contributed by atoms with Crippen molar-refractivity contribution in [1.82, 2.24) is 5.32 Å². The van der Waals surface area contributed by atoms with E-state index < -0.39 is 17.9 Å². The zero-order valence-electron chi connectivity index (χ0n) is 11.8. The van der Waals surface area contributed by atoms with Crippen LogP contribution in [0.3, 0.4) is 0 Å². The minimum Gasteiger partial charge on any atom is -0.479 e. The highest BCUT2D eigenvalue weighted by Gasteiger charge is 2.24. The Bertz CT molecular complexity index is 873. The first-order valence-electron chi connectivity index (χ1n) is 6.82. The summed E-state index contributed by atoms with van der Waals surface area (Å²) in [5.41, 5.74) is 0.985. The molecular weight excluding hydrogens is 318 g/mol. The van der Waals surface area contributed by atoms with Crippen LogP contribution < -0.4 is 5.32 Å². The Morgan fingerprint density at radius 3 is 2.52 bits per heavy atom. The average Bonchev–Trinajstić information content (AvgIpc) is 2.96. The lowest BCUT2D eigenvalue weighted by molar-refractivity contribution is -0.139. The summed E-state index contributed by atoms with van der Waals surface area (Å²) in [5, 5.41) is 13.0. The number of carboxylic acid groups (broad SMARTS) is 1. The standard InChI is InChI=1S/C17H12ClNO4/c18-12-6-7-13-11(8-12)9-14(23-13)16(20)19-15(17(21)22)10-4-2-1-3-5-10/h1-9,15H,(H,19,20)(H,21,22)/t15-/m0/s1. The SMILES string of the molecule is O=C(N[C@H](C(=O)O)c1ccccc1)c1cc2cc(Cl)ccc2o1. The second kappa shape index (κ2) is 6.14. The van der Waals surface area contributed by atoms with E-state index in [4.69, 9.17) is 16.0 Å². The fourth-order valence-electron chi connectivity index (χ4n) is 2.26. The average molecular weight is 330 g/mol. The predicted octanol–water partition coefficient (Wildman–Crippen LogP) is 3.64. The molecule has 23 heavy (non-hydrogen) atoms. The van der Waals surface area contributed by atoms with Crippen molar-refractivity contribution in [1.29, 1.82) is 0 Å². The molecule has 1 amide bonds. The van der Waals surface area contributed by atoms with Gasteiger partial charge in [-0.05, 0) is 29.8 Å². The molecule has 1 heterocycles. The third kappa shape index (κ3) is 3.19. The number of halogens is 1. The molecule has 5 nitrogen and oxygen atoms in total. The molecule has 0 fully saturated rings. The Morgan fingerprint density at radius 2 is 1.83 bits per heavy atom. The molecular formula is C17H12ClNO4. The third-order valence-corrected chi connectivity index (χ3v) is 3.59. The van der Waals surface area contributed by atoms with E-state index in [1.54, 1.807) is 48.5 Å². The molecule has 0 bridgehead atoms. The molecule has 0 radical (unpaired) electrons. The summed E-state index contributed by atoms with van der Waals surface area (Å²) in [6, 6.07) is 13.8. The molecule has 0 unspecified atom stereocenters. The van der Waals surface area contributed by atoms with Crippen molar-refractivity contribution < 1.29 is 19.1 Å². The lowest BCUT2D eigenvalue weighted by atomic mass is 10.1. The van der Waals surface area contributed by atoms with E-state index >= 15 is 0 Å². The molecule has 3 rings (SSSR count). The molecule has 2 N–H and O–H groups in total. The van der Waals surface area contributed by atoms with Gasteiger partial charge in [-0.1, -0.05) is 41.9 Å². The summed E-state index contributed by atoms with van der Waals surface area (Å²) in [7, 11) is 0. The lowest BCUT2D eigenvalue weighted by Crippen LogP contribution is -2.33. The number of hydrogen-bond acceptors (Lipinski definition) is 3. The van der Waals surface area contributed by atoms with Crippen LogP contribution in [0, 0.1) is 0 Å². The van der Waals surface area contributed by atoms with Crippen molar-refractivity contribution in [3.8, 4) is 0 Å². The number of carbonyl (C=O) groups excluding carboxylic acids is 1. The van der Waals surface area contributed by atoms with Gasteiger partial charge in [0.05, 0.1) is 0 Å². The molecule has 6 heteroatoms. The van der Waals surface area contributed by atoms with Gasteiger partial charge in [-0.15, -0.1) is 0 Å². The van der Waals surface area contributed by atoms with Crippen LogP contribution in [-0.4, -0.2) is 17.0 Å². The highest BCUT2D eigenvalue weighted by atomic mass is 35.5. The minimum atomic E-state index is -1.15. The Hall–Kier alpha value is -2.79. The maximum atomic E-state index is 12.3. The van der Waals surface area contributed by atoms with Gasteiger partial charge >= 0.3 is 5.97 Å². The molecule has 0 aliphatic rings. The van der Waals surface area contributed by atoms with Crippen molar-refractivity contribution in [3.05, 3.63) is 70.9 Å². The van der Waals surface area contributed by atoms with Gasteiger partial charge in [0.2, 0.25) is 0 Å². The summed E-state index contributed by atoms with van der Waals surface area (Å²) in [5.74, 6) is -1.72. The second-order valence-electron chi connectivity index (χ2n) is 4.95. The quantitative estimate of drug-likeness (QED) is 0.765. The third-order valence-electron chi connectivity index (χ3n) is 3.36. The van der Waals surface area contributed by atoms with E-state index in [1.807, 2.05) is 0 Å². The van der Waals surface area contributed by atoms with Crippen LogP contribution in [0.5, 0.6) is 0 Å². The normalized spacial score (nSPS) is 12.0. The summed E-state index contributed by atoms with van der Waals surface area (Å²) >= 11 is 5.89. The topological polar surface area (TPSA) is 79.5 Å². The molecule has 0 saturated carbocycles. The van der Waals surface area contributed by atoms with Gasteiger partial charge in [-0.25, -0.2) is 4.79 Å². The first kappa shape index (κ1) is 15.1. The monoisotopic (exact) mass is 329 g/mol. The molecule has 0 saturated heterocycles. The largest absolute Gasteiger partial charge is 0.479 e. The molecule has 3 aromatic rings. The first-order chi connectivity index (χ1) is 11.0. The Morgan fingerprint density at radius 1 is 1.09 bits per heavy atom. The number of furan rings is 1. The number of nitrogens with one attached hydrogen (secondary N) is 1. The Kier molecular flexibility index (Phi) is 4.04. The van der Waals surface area contributed by atoms with Gasteiger partial charge in [0, 0.05) is 10.4 Å². The van der Waals surface area contributed by atoms with Crippen LogP contribution in [0.15, 0.2) is 59.0 Å². The Balaban J connectivity index is 1.87. The number of carbonyl (C=O) groups is 2. The number of amides is 1.